The maximum Gasteiger partial charge on any atom is 0.326 e. The Morgan fingerprint density at radius 3 is 2.25 bits per heavy atom. The van der Waals surface area contributed by atoms with Gasteiger partial charge in [0.1, 0.15) is 6.04 Å². The number of carbonyl (C=O) groups is 2. The van der Waals surface area contributed by atoms with Crippen LogP contribution in [0, 0.1) is 5.41 Å². The minimum atomic E-state index is -1.03. The summed E-state index contributed by atoms with van der Waals surface area (Å²) in [6, 6.07) is 8.23. The van der Waals surface area contributed by atoms with E-state index in [0.717, 1.165) is 5.56 Å². The number of amides is 2. The molecule has 5 heteroatoms. The predicted molar refractivity (Wildman–Crippen MR) is 77.3 cm³/mol. The van der Waals surface area contributed by atoms with E-state index in [1.165, 1.54) is 4.90 Å². The average Bonchev–Trinajstić information content (AvgIpc) is 2.34. The summed E-state index contributed by atoms with van der Waals surface area (Å²) >= 11 is 0. The third-order valence-electron chi connectivity index (χ3n) is 2.99. The molecule has 5 nitrogen and oxygen atoms in total. The first-order valence-corrected chi connectivity index (χ1v) is 6.50. The van der Waals surface area contributed by atoms with Gasteiger partial charge in [0.2, 0.25) is 0 Å². The van der Waals surface area contributed by atoms with Crippen LogP contribution in [0.2, 0.25) is 0 Å². The van der Waals surface area contributed by atoms with Crippen molar-refractivity contribution in [1.82, 2.24) is 10.2 Å². The molecular weight excluding hydrogens is 256 g/mol. The summed E-state index contributed by atoms with van der Waals surface area (Å²) in [5, 5.41) is 11.8. The number of benzene rings is 1. The van der Waals surface area contributed by atoms with E-state index in [0.29, 0.717) is 6.54 Å². The minimum Gasteiger partial charge on any atom is -0.480 e. The van der Waals surface area contributed by atoms with Gasteiger partial charge in [-0.1, -0.05) is 51.1 Å². The molecule has 0 aliphatic heterocycles. The van der Waals surface area contributed by atoms with Crippen molar-refractivity contribution in [2.75, 3.05) is 7.05 Å². The Labute approximate surface area is 119 Å². The number of carboxylic acids is 1. The third-order valence-corrected chi connectivity index (χ3v) is 2.99. The van der Waals surface area contributed by atoms with Gasteiger partial charge in [-0.2, -0.15) is 0 Å². The molecule has 0 fully saturated rings. The second-order valence-corrected chi connectivity index (χ2v) is 5.93. The second kappa shape index (κ2) is 6.41. The van der Waals surface area contributed by atoms with Crippen molar-refractivity contribution in [3.05, 3.63) is 35.9 Å². The van der Waals surface area contributed by atoms with Gasteiger partial charge in [0, 0.05) is 13.6 Å². The minimum absolute atomic E-state index is 0.392. The lowest BCUT2D eigenvalue weighted by Crippen LogP contribution is -2.52. The highest BCUT2D eigenvalue weighted by molar-refractivity contribution is 5.83. The molecular formula is C15H22N2O3. The lowest BCUT2D eigenvalue weighted by atomic mass is 9.87. The number of aliphatic carboxylic acids is 1. The van der Waals surface area contributed by atoms with Gasteiger partial charge in [0.25, 0.3) is 0 Å². The predicted octanol–water partition coefficient (Wildman–Crippen LogP) is 2.33. The zero-order chi connectivity index (χ0) is 15.3. The zero-order valence-corrected chi connectivity index (χ0v) is 12.4. The molecule has 0 radical (unpaired) electrons. The number of nitrogens with one attached hydrogen (secondary N) is 1. The van der Waals surface area contributed by atoms with Gasteiger partial charge in [0.05, 0.1) is 0 Å². The number of hydrogen-bond acceptors (Lipinski definition) is 2. The molecule has 0 aromatic heterocycles. The van der Waals surface area contributed by atoms with Gasteiger partial charge in [-0.25, -0.2) is 9.59 Å². The van der Waals surface area contributed by atoms with Crippen molar-refractivity contribution in [3.63, 3.8) is 0 Å². The van der Waals surface area contributed by atoms with Gasteiger partial charge in [-0.3, -0.25) is 0 Å². The second-order valence-electron chi connectivity index (χ2n) is 5.93. The molecule has 2 N–H and O–H groups in total. The Bertz CT molecular complexity index is 466. The van der Waals surface area contributed by atoms with E-state index in [2.05, 4.69) is 5.32 Å². The fourth-order valence-electron chi connectivity index (χ4n) is 1.81. The average molecular weight is 278 g/mol. The fourth-order valence-corrected chi connectivity index (χ4v) is 1.81. The summed E-state index contributed by atoms with van der Waals surface area (Å²) < 4.78 is 0. The van der Waals surface area contributed by atoms with E-state index in [9.17, 15) is 14.7 Å². The molecule has 20 heavy (non-hydrogen) atoms. The highest BCUT2D eigenvalue weighted by Crippen LogP contribution is 2.19. The molecule has 0 aliphatic carbocycles. The number of carboxylic acid groups (broad SMARTS) is 1. The van der Waals surface area contributed by atoms with Gasteiger partial charge in [-0.15, -0.1) is 0 Å². The van der Waals surface area contributed by atoms with Gasteiger partial charge in [0.15, 0.2) is 0 Å². The smallest absolute Gasteiger partial charge is 0.326 e. The molecule has 1 aromatic rings. The SMILES string of the molecule is CN(Cc1ccccc1)C(=O)NC(C(=O)O)C(C)(C)C. The zero-order valence-electron chi connectivity index (χ0n) is 12.4. The van der Waals surface area contributed by atoms with Crippen LogP contribution < -0.4 is 5.32 Å². The Kier molecular flexibility index (Phi) is 5.13. The topological polar surface area (TPSA) is 69.6 Å². The van der Waals surface area contributed by atoms with E-state index in [-0.39, 0.29) is 0 Å². The molecule has 110 valence electrons. The summed E-state index contributed by atoms with van der Waals surface area (Å²) in [4.78, 5) is 24.8. The molecule has 1 atom stereocenters. The Balaban J connectivity index is 2.67. The van der Waals surface area contributed by atoms with Gasteiger partial charge in [-0.05, 0) is 11.0 Å². The van der Waals surface area contributed by atoms with E-state index >= 15 is 0 Å². The van der Waals surface area contributed by atoms with Crippen molar-refractivity contribution >= 4 is 12.0 Å². The van der Waals surface area contributed by atoms with Crippen LogP contribution in [0.5, 0.6) is 0 Å². The first kappa shape index (κ1) is 16.0. The lowest BCUT2D eigenvalue weighted by Gasteiger charge is -2.29. The first-order chi connectivity index (χ1) is 9.21. The maximum atomic E-state index is 12.1. The monoisotopic (exact) mass is 278 g/mol. The van der Waals surface area contributed by atoms with E-state index in [1.54, 1.807) is 27.8 Å². The van der Waals surface area contributed by atoms with Crippen molar-refractivity contribution in [2.45, 2.75) is 33.4 Å². The summed E-state index contributed by atoms with van der Waals surface area (Å²) in [6.45, 7) is 5.78. The van der Waals surface area contributed by atoms with Crippen LogP contribution in [-0.2, 0) is 11.3 Å². The molecule has 2 amide bonds. The molecule has 0 bridgehead atoms. The van der Waals surface area contributed by atoms with Crippen LogP contribution in [0.1, 0.15) is 26.3 Å². The number of rotatable bonds is 4. The van der Waals surface area contributed by atoms with Crippen LogP contribution in [0.25, 0.3) is 0 Å². The lowest BCUT2D eigenvalue weighted by molar-refractivity contribution is -0.142. The number of nitrogens with zero attached hydrogens (tertiary/aromatic N) is 1. The maximum absolute atomic E-state index is 12.1. The van der Waals surface area contributed by atoms with Crippen LogP contribution in [0.3, 0.4) is 0 Å². The quantitative estimate of drug-likeness (QED) is 0.888. The van der Waals surface area contributed by atoms with E-state index < -0.39 is 23.5 Å². The molecule has 0 saturated carbocycles. The van der Waals surface area contributed by atoms with Crippen molar-refractivity contribution in [3.8, 4) is 0 Å². The molecule has 0 saturated heterocycles. The van der Waals surface area contributed by atoms with Gasteiger partial charge >= 0.3 is 12.0 Å². The highest BCUT2D eigenvalue weighted by Gasteiger charge is 2.33. The Morgan fingerprint density at radius 2 is 1.80 bits per heavy atom. The highest BCUT2D eigenvalue weighted by atomic mass is 16.4. The number of urea groups is 1. The normalized spacial score (nSPS) is 12.6. The molecule has 0 aliphatic rings. The van der Waals surface area contributed by atoms with Gasteiger partial charge < -0.3 is 15.3 Å². The summed E-state index contributed by atoms with van der Waals surface area (Å²) in [6.07, 6.45) is 0. The van der Waals surface area contributed by atoms with E-state index in [4.69, 9.17) is 0 Å². The van der Waals surface area contributed by atoms with Crippen LogP contribution in [0.4, 0.5) is 4.79 Å². The fraction of sp³-hybridized carbons (Fsp3) is 0.467. The molecule has 0 heterocycles. The molecule has 1 rings (SSSR count). The van der Waals surface area contributed by atoms with Crippen LogP contribution in [-0.4, -0.2) is 35.1 Å². The largest absolute Gasteiger partial charge is 0.480 e. The van der Waals surface area contributed by atoms with Crippen molar-refractivity contribution < 1.29 is 14.7 Å². The number of hydrogen-bond donors (Lipinski definition) is 2. The van der Waals surface area contributed by atoms with Crippen molar-refractivity contribution in [1.29, 1.82) is 0 Å². The molecule has 1 unspecified atom stereocenters. The summed E-state index contributed by atoms with van der Waals surface area (Å²) in [5.41, 5.74) is 0.447. The Morgan fingerprint density at radius 1 is 1.25 bits per heavy atom. The van der Waals surface area contributed by atoms with Crippen LogP contribution in [0.15, 0.2) is 30.3 Å². The summed E-state index contributed by atoms with van der Waals surface area (Å²) in [7, 11) is 1.64. The van der Waals surface area contributed by atoms with Crippen LogP contribution >= 0.6 is 0 Å². The van der Waals surface area contributed by atoms with E-state index in [1.807, 2.05) is 30.3 Å². The molecule has 0 spiro atoms. The first-order valence-electron chi connectivity index (χ1n) is 6.50. The third kappa shape index (κ3) is 4.57. The standard InChI is InChI=1S/C15H22N2O3/c1-15(2,3)12(13(18)19)16-14(20)17(4)10-11-8-6-5-7-9-11/h5-9,12H,10H2,1-4H3,(H,16,20)(H,18,19). The Hall–Kier alpha value is -2.04. The molecule has 1 aromatic carbocycles. The summed E-state index contributed by atoms with van der Waals surface area (Å²) in [5.74, 6) is -1.03. The van der Waals surface area contributed by atoms with Crippen molar-refractivity contribution in [2.24, 2.45) is 5.41 Å². The number of carbonyl (C=O) groups excluding carboxylic acids is 1.